The molecule has 38 heavy (non-hydrogen) atoms. The Hall–Kier alpha value is -3.62. The lowest BCUT2D eigenvalue weighted by Crippen LogP contribution is -2.68. The lowest BCUT2D eigenvalue weighted by molar-refractivity contribution is -0.0857. The number of hydrogen-bond acceptors (Lipinski definition) is 7. The van der Waals surface area contributed by atoms with Crippen LogP contribution in [0.5, 0.6) is 0 Å². The molecule has 2 aromatic carbocycles. The molecule has 0 amide bonds. The SMILES string of the molecule is C#C[C@]1(CO[Si](c2ccccc2)(c2ccccc2)C(C)(C)C)O[C@@H](n2cnc3c(N)nc(F)nc32)CC1O. The monoisotopic (exact) mass is 531 g/mol. The summed E-state index contributed by atoms with van der Waals surface area (Å²) in [6.45, 7) is 6.43. The van der Waals surface area contributed by atoms with Crippen LogP contribution in [0.25, 0.3) is 11.2 Å². The number of fused-ring (bicyclic) bond motifs is 1. The number of nitrogens with zero attached hydrogens (tertiary/aromatic N) is 4. The number of aliphatic hydroxyl groups is 1. The van der Waals surface area contributed by atoms with Crippen molar-refractivity contribution >= 4 is 35.7 Å². The number of nitrogens with two attached hydrogens (primary N) is 1. The molecule has 4 aromatic rings. The second-order valence-electron chi connectivity index (χ2n) is 10.5. The molecule has 196 valence electrons. The van der Waals surface area contributed by atoms with Crippen molar-refractivity contribution in [1.82, 2.24) is 19.5 Å². The smallest absolute Gasteiger partial charge is 0.312 e. The molecule has 3 N–H and O–H groups in total. The topological polar surface area (TPSA) is 108 Å². The largest absolute Gasteiger partial charge is 0.403 e. The molecule has 0 saturated carbocycles. The molecule has 1 saturated heterocycles. The van der Waals surface area contributed by atoms with E-state index in [1.54, 1.807) is 0 Å². The second-order valence-corrected chi connectivity index (χ2v) is 14.8. The van der Waals surface area contributed by atoms with Crippen LogP contribution in [0.2, 0.25) is 5.04 Å². The molecule has 10 heteroatoms. The van der Waals surface area contributed by atoms with Gasteiger partial charge in [0.25, 0.3) is 8.32 Å². The van der Waals surface area contributed by atoms with E-state index in [1.165, 1.54) is 10.9 Å². The van der Waals surface area contributed by atoms with Crippen LogP contribution >= 0.6 is 0 Å². The molecule has 1 fully saturated rings. The molecule has 0 bridgehead atoms. The fourth-order valence-corrected chi connectivity index (χ4v) is 9.91. The molecule has 2 aromatic heterocycles. The third-order valence-electron chi connectivity index (χ3n) is 7.21. The summed E-state index contributed by atoms with van der Waals surface area (Å²) in [6, 6.07) is 20.3. The van der Waals surface area contributed by atoms with Crippen LogP contribution in [0, 0.1) is 18.4 Å². The summed E-state index contributed by atoms with van der Waals surface area (Å²) in [5, 5.41) is 13.1. The van der Waals surface area contributed by atoms with Crippen LogP contribution in [0.4, 0.5) is 10.2 Å². The van der Waals surface area contributed by atoms with Gasteiger partial charge >= 0.3 is 6.08 Å². The highest BCUT2D eigenvalue weighted by Crippen LogP contribution is 2.41. The maximum absolute atomic E-state index is 13.9. The first-order valence-corrected chi connectivity index (χ1v) is 14.3. The quantitative estimate of drug-likeness (QED) is 0.224. The predicted octanol–water partition coefficient (Wildman–Crippen LogP) is 2.78. The Morgan fingerprint density at radius 3 is 2.32 bits per heavy atom. The summed E-state index contributed by atoms with van der Waals surface area (Å²) < 4.78 is 28.8. The van der Waals surface area contributed by atoms with Crippen molar-refractivity contribution in [2.45, 2.75) is 50.2 Å². The number of anilines is 1. The maximum Gasteiger partial charge on any atom is 0.312 e. The normalized spacial score (nSPS) is 22.0. The van der Waals surface area contributed by atoms with Crippen LogP contribution < -0.4 is 16.1 Å². The highest BCUT2D eigenvalue weighted by Gasteiger charge is 2.54. The zero-order valence-electron chi connectivity index (χ0n) is 21.5. The van der Waals surface area contributed by atoms with Crippen molar-refractivity contribution in [2.24, 2.45) is 0 Å². The fourth-order valence-electron chi connectivity index (χ4n) is 5.32. The van der Waals surface area contributed by atoms with Gasteiger partial charge in [-0.1, -0.05) is 87.4 Å². The van der Waals surface area contributed by atoms with Gasteiger partial charge in [0.05, 0.1) is 12.9 Å². The highest BCUT2D eigenvalue weighted by atomic mass is 28.4. The number of nitrogen functional groups attached to an aromatic ring is 1. The number of terminal acetylenes is 1. The van der Waals surface area contributed by atoms with Gasteiger partial charge in [0.15, 0.2) is 22.6 Å². The van der Waals surface area contributed by atoms with Gasteiger partial charge in [0.2, 0.25) is 0 Å². The van der Waals surface area contributed by atoms with E-state index in [2.05, 4.69) is 65.9 Å². The van der Waals surface area contributed by atoms with E-state index in [0.29, 0.717) is 0 Å². The predicted molar refractivity (Wildman–Crippen MR) is 146 cm³/mol. The first-order valence-electron chi connectivity index (χ1n) is 12.4. The average molecular weight is 532 g/mol. The molecule has 5 rings (SSSR count). The van der Waals surface area contributed by atoms with Crippen LogP contribution in [0.3, 0.4) is 0 Å². The van der Waals surface area contributed by atoms with Gasteiger partial charge in [0, 0.05) is 6.42 Å². The Morgan fingerprint density at radius 1 is 1.16 bits per heavy atom. The van der Waals surface area contributed by atoms with E-state index >= 15 is 0 Å². The summed E-state index contributed by atoms with van der Waals surface area (Å²) in [7, 11) is -2.95. The van der Waals surface area contributed by atoms with E-state index in [-0.39, 0.29) is 35.0 Å². The van der Waals surface area contributed by atoms with Crippen molar-refractivity contribution < 1.29 is 18.7 Å². The van der Waals surface area contributed by atoms with E-state index in [4.69, 9.17) is 21.3 Å². The Kier molecular flexibility index (Phi) is 6.57. The molecule has 1 aliphatic heterocycles. The van der Waals surface area contributed by atoms with Gasteiger partial charge in [-0.2, -0.15) is 14.4 Å². The summed E-state index contributed by atoms with van der Waals surface area (Å²) in [4.78, 5) is 11.6. The number of halogens is 1. The molecular formula is C28H30FN5O3Si. The van der Waals surface area contributed by atoms with Crippen LogP contribution in [0.15, 0.2) is 67.0 Å². The second kappa shape index (κ2) is 9.60. The number of ether oxygens (including phenoxy) is 1. The molecule has 3 heterocycles. The standard InChI is InChI=1S/C28H30FN5O3Si/c1-5-28(21(35)16-22(37-28)34-18-31-23-24(30)32-26(29)33-25(23)34)17-36-38(27(2,3)4,19-12-8-6-9-13-19)20-14-10-7-11-15-20/h1,6-15,18,21-22,35H,16-17H2,2-4H3,(H2,30,32,33)/t21?,22-,28-/m1/s1. The minimum absolute atomic E-state index is 0.0490. The first-order chi connectivity index (χ1) is 18.1. The lowest BCUT2D eigenvalue weighted by Gasteiger charge is -2.44. The number of rotatable bonds is 6. The number of hydrogen-bond donors (Lipinski definition) is 2. The number of imidazole rings is 1. The molecule has 1 aliphatic rings. The van der Waals surface area contributed by atoms with Crippen molar-refractivity contribution in [3.8, 4) is 12.3 Å². The minimum atomic E-state index is -2.95. The number of aromatic nitrogens is 4. The van der Waals surface area contributed by atoms with Gasteiger partial charge in [-0.15, -0.1) is 6.42 Å². The summed E-state index contributed by atoms with van der Waals surface area (Å²) in [6.07, 6.45) is 4.79. The third-order valence-corrected chi connectivity index (χ3v) is 12.2. The molecular weight excluding hydrogens is 501 g/mol. The van der Waals surface area contributed by atoms with Gasteiger partial charge in [-0.05, 0) is 15.4 Å². The van der Waals surface area contributed by atoms with E-state index in [1.807, 2.05) is 36.4 Å². The van der Waals surface area contributed by atoms with Gasteiger partial charge in [-0.25, -0.2) is 4.98 Å². The Morgan fingerprint density at radius 2 is 1.76 bits per heavy atom. The lowest BCUT2D eigenvalue weighted by atomic mass is 9.99. The summed E-state index contributed by atoms with van der Waals surface area (Å²) in [5.41, 5.74) is 4.77. The summed E-state index contributed by atoms with van der Waals surface area (Å²) in [5.74, 6) is 2.60. The molecule has 1 unspecified atom stereocenters. The van der Waals surface area contributed by atoms with E-state index < -0.39 is 32.3 Å². The van der Waals surface area contributed by atoms with Crippen molar-refractivity contribution in [3.05, 3.63) is 73.1 Å². The fraction of sp³-hybridized carbons (Fsp3) is 0.321. The van der Waals surface area contributed by atoms with Crippen molar-refractivity contribution in [3.63, 3.8) is 0 Å². The Bertz CT molecular complexity index is 1450. The van der Waals surface area contributed by atoms with Crippen LogP contribution in [0.1, 0.15) is 33.4 Å². The maximum atomic E-state index is 13.9. The van der Waals surface area contributed by atoms with E-state index in [9.17, 15) is 9.50 Å². The zero-order valence-corrected chi connectivity index (χ0v) is 22.5. The van der Waals surface area contributed by atoms with Gasteiger partial charge in [-0.3, -0.25) is 4.57 Å². The zero-order chi connectivity index (χ0) is 27.1. The third kappa shape index (κ3) is 4.18. The van der Waals surface area contributed by atoms with Gasteiger partial charge in [0.1, 0.15) is 12.3 Å². The average Bonchev–Trinajstić information content (AvgIpc) is 3.46. The first kappa shape index (κ1) is 26.0. The molecule has 3 atom stereocenters. The van der Waals surface area contributed by atoms with Crippen LogP contribution in [-0.4, -0.2) is 51.3 Å². The molecule has 0 spiro atoms. The number of aliphatic hydroxyl groups excluding tert-OH is 1. The highest BCUT2D eigenvalue weighted by molar-refractivity contribution is 6.99. The van der Waals surface area contributed by atoms with Gasteiger partial charge < -0.3 is 20.0 Å². The molecule has 0 aliphatic carbocycles. The van der Waals surface area contributed by atoms with E-state index in [0.717, 1.165) is 10.4 Å². The van der Waals surface area contributed by atoms with Crippen molar-refractivity contribution in [1.29, 1.82) is 0 Å². The van der Waals surface area contributed by atoms with Crippen LogP contribution in [-0.2, 0) is 9.16 Å². The van der Waals surface area contributed by atoms with Crippen molar-refractivity contribution in [2.75, 3.05) is 12.3 Å². The molecule has 8 nitrogen and oxygen atoms in total. The Balaban J connectivity index is 1.53. The summed E-state index contributed by atoms with van der Waals surface area (Å²) >= 11 is 0. The number of benzene rings is 2. The minimum Gasteiger partial charge on any atom is -0.403 e. The molecule has 0 radical (unpaired) electrons. The Labute approximate surface area is 221 Å².